The van der Waals surface area contributed by atoms with Gasteiger partial charge in [0.05, 0.1) is 0 Å². The van der Waals surface area contributed by atoms with Crippen LogP contribution in [0.3, 0.4) is 0 Å². The van der Waals surface area contributed by atoms with Gasteiger partial charge in [0, 0.05) is 0 Å². The molecule has 1 heteroatoms. The van der Waals surface area contributed by atoms with E-state index in [2.05, 4.69) is 72.3 Å². The second kappa shape index (κ2) is 4.85. The molecule has 0 heterocycles. The average molecular weight is 331 g/mol. The summed E-state index contributed by atoms with van der Waals surface area (Å²) >= 11 is -2.37. The third-order valence-electron chi connectivity index (χ3n) is 3.64. The minimum atomic E-state index is -2.37. The quantitative estimate of drug-likeness (QED) is 0.742. The maximum absolute atomic E-state index is 2.51. The SMILES string of the molecule is Cc1cccc[c]1[Sn]([CH3])([CH3])[c]1ccccc1C. The molecular weight excluding hydrogens is 311 g/mol. The summed E-state index contributed by atoms with van der Waals surface area (Å²) in [7, 11) is 0. The fraction of sp³-hybridized carbons (Fsp3) is 0.250. The predicted octanol–water partition coefficient (Wildman–Crippen LogP) is 3.13. The van der Waals surface area contributed by atoms with Crippen molar-refractivity contribution in [1.82, 2.24) is 0 Å². The Hall–Kier alpha value is -0.761. The second-order valence-corrected chi connectivity index (χ2v) is 17.6. The first-order valence-electron chi connectivity index (χ1n) is 6.15. The molecule has 0 aliphatic heterocycles. The number of hydrogen-bond donors (Lipinski definition) is 0. The van der Waals surface area contributed by atoms with Crippen molar-refractivity contribution in [3.05, 3.63) is 59.7 Å². The summed E-state index contributed by atoms with van der Waals surface area (Å²) in [5.74, 6) is 0. The molecule has 0 N–H and O–H groups in total. The Labute approximate surface area is 109 Å². The summed E-state index contributed by atoms with van der Waals surface area (Å²) in [4.78, 5) is 5.03. The topological polar surface area (TPSA) is 0 Å². The molecule has 0 aliphatic rings. The molecule has 2 aromatic rings. The molecule has 0 unspecified atom stereocenters. The Morgan fingerprint density at radius 2 is 1.00 bits per heavy atom. The van der Waals surface area contributed by atoms with Gasteiger partial charge in [-0.3, -0.25) is 0 Å². The van der Waals surface area contributed by atoms with Crippen LogP contribution in [-0.2, 0) is 0 Å². The summed E-state index contributed by atoms with van der Waals surface area (Å²) < 4.78 is 3.24. The van der Waals surface area contributed by atoms with Crippen molar-refractivity contribution in [3.63, 3.8) is 0 Å². The van der Waals surface area contributed by atoms with Crippen LogP contribution in [0.15, 0.2) is 48.5 Å². The van der Waals surface area contributed by atoms with Gasteiger partial charge in [-0.05, 0) is 0 Å². The van der Waals surface area contributed by atoms with Crippen LogP contribution in [0.25, 0.3) is 0 Å². The van der Waals surface area contributed by atoms with Crippen LogP contribution in [0, 0.1) is 13.8 Å². The van der Waals surface area contributed by atoms with Crippen molar-refractivity contribution >= 4 is 25.5 Å². The molecule has 0 amide bonds. The van der Waals surface area contributed by atoms with Crippen LogP contribution in [0.1, 0.15) is 11.1 Å². The van der Waals surface area contributed by atoms with Crippen molar-refractivity contribution in [2.75, 3.05) is 0 Å². The standard InChI is InChI=1S/2C7H7.2CH3.Sn/c2*1-7-5-3-2-4-6-7;;;/h2*2-5H,1H3;2*1H3;. The van der Waals surface area contributed by atoms with Gasteiger partial charge in [0.25, 0.3) is 0 Å². The first-order valence-corrected chi connectivity index (χ1v) is 14.7. The van der Waals surface area contributed by atoms with Crippen LogP contribution in [0.4, 0.5) is 0 Å². The Morgan fingerprint density at radius 3 is 1.35 bits per heavy atom. The van der Waals surface area contributed by atoms with E-state index >= 15 is 0 Å². The van der Waals surface area contributed by atoms with E-state index < -0.39 is 18.4 Å². The molecule has 0 saturated heterocycles. The van der Waals surface area contributed by atoms with Gasteiger partial charge < -0.3 is 0 Å². The molecule has 2 rings (SSSR count). The molecular formula is C16H20Sn. The molecule has 0 aromatic heterocycles. The Balaban J connectivity index is 2.58. The molecule has 0 spiro atoms. The van der Waals surface area contributed by atoms with E-state index in [-0.39, 0.29) is 0 Å². The Kier molecular flexibility index (Phi) is 3.62. The monoisotopic (exact) mass is 332 g/mol. The van der Waals surface area contributed by atoms with E-state index in [1.807, 2.05) is 0 Å². The fourth-order valence-corrected chi connectivity index (χ4v) is 12.6. The van der Waals surface area contributed by atoms with E-state index in [1.54, 1.807) is 7.16 Å². The number of aryl methyl sites for hydroxylation is 2. The van der Waals surface area contributed by atoms with Crippen LogP contribution in [0.5, 0.6) is 0 Å². The molecule has 0 radical (unpaired) electrons. The summed E-state index contributed by atoms with van der Waals surface area (Å²) in [6.45, 7) is 4.48. The average Bonchev–Trinajstić information content (AvgIpc) is 2.29. The first-order chi connectivity index (χ1) is 8.03. The number of benzene rings is 2. The number of rotatable bonds is 2. The first kappa shape index (κ1) is 12.7. The van der Waals surface area contributed by atoms with E-state index in [0.717, 1.165) is 0 Å². The molecule has 0 aliphatic carbocycles. The van der Waals surface area contributed by atoms with Gasteiger partial charge >= 0.3 is 109 Å². The fourth-order valence-electron chi connectivity index (χ4n) is 2.69. The predicted molar refractivity (Wildman–Crippen MR) is 79.1 cm³/mol. The molecule has 0 bridgehead atoms. The molecule has 0 nitrogen and oxygen atoms in total. The molecule has 0 fully saturated rings. The van der Waals surface area contributed by atoms with E-state index in [0.29, 0.717) is 0 Å². The van der Waals surface area contributed by atoms with Crippen molar-refractivity contribution < 1.29 is 0 Å². The Morgan fingerprint density at radius 1 is 0.647 bits per heavy atom. The molecule has 88 valence electrons. The Bertz CT molecular complexity index is 479. The van der Waals surface area contributed by atoms with E-state index in [9.17, 15) is 0 Å². The summed E-state index contributed by atoms with van der Waals surface area (Å²) in [5.41, 5.74) is 2.91. The second-order valence-electron chi connectivity index (χ2n) is 5.25. The number of hydrogen-bond acceptors (Lipinski definition) is 0. The van der Waals surface area contributed by atoms with E-state index in [1.165, 1.54) is 11.1 Å². The summed E-state index contributed by atoms with van der Waals surface area (Å²) in [6.07, 6.45) is 0. The molecule has 0 atom stereocenters. The van der Waals surface area contributed by atoms with Crippen LogP contribution in [-0.4, -0.2) is 18.4 Å². The zero-order valence-corrected chi connectivity index (χ0v) is 14.0. The van der Waals surface area contributed by atoms with Crippen molar-refractivity contribution in [2.45, 2.75) is 23.7 Å². The molecule has 0 saturated carbocycles. The maximum atomic E-state index is 2.51. The van der Waals surface area contributed by atoms with Crippen molar-refractivity contribution in [1.29, 1.82) is 0 Å². The zero-order valence-electron chi connectivity index (χ0n) is 11.1. The van der Waals surface area contributed by atoms with E-state index in [4.69, 9.17) is 0 Å². The van der Waals surface area contributed by atoms with Gasteiger partial charge in [-0.1, -0.05) is 0 Å². The van der Waals surface area contributed by atoms with Gasteiger partial charge in [0.1, 0.15) is 0 Å². The third kappa shape index (κ3) is 2.42. The van der Waals surface area contributed by atoms with Gasteiger partial charge in [-0.15, -0.1) is 0 Å². The normalized spacial score (nSPS) is 11.5. The van der Waals surface area contributed by atoms with Gasteiger partial charge in [0.15, 0.2) is 0 Å². The molecule has 2 aromatic carbocycles. The zero-order chi connectivity index (χ0) is 12.5. The minimum absolute atomic E-state index is 1.46. The summed E-state index contributed by atoms with van der Waals surface area (Å²) in [6, 6.07) is 17.8. The summed E-state index contributed by atoms with van der Waals surface area (Å²) in [5, 5.41) is 0. The van der Waals surface area contributed by atoms with Crippen molar-refractivity contribution in [2.24, 2.45) is 0 Å². The van der Waals surface area contributed by atoms with Gasteiger partial charge in [0.2, 0.25) is 0 Å². The van der Waals surface area contributed by atoms with Gasteiger partial charge in [-0.2, -0.15) is 0 Å². The van der Waals surface area contributed by atoms with Crippen LogP contribution >= 0.6 is 0 Å². The van der Waals surface area contributed by atoms with Crippen LogP contribution < -0.4 is 7.16 Å². The molecule has 17 heavy (non-hydrogen) atoms. The third-order valence-corrected chi connectivity index (χ3v) is 14.5. The van der Waals surface area contributed by atoms with Crippen molar-refractivity contribution in [3.8, 4) is 0 Å². The van der Waals surface area contributed by atoms with Gasteiger partial charge in [-0.25, -0.2) is 0 Å². The van der Waals surface area contributed by atoms with Crippen LogP contribution in [0.2, 0.25) is 9.88 Å².